The number of benzene rings is 2. The minimum atomic E-state index is 0.0993. The molecular weight excluding hydrogens is 418 g/mol. The third-order valence-corrected chi connectivity index (χ3v) is 7.37. The molecule has 2 aliphatic rings. The number of likely N-dealkylation sites (tertiary alicyclic amines) is 1. The van der Waals surface area contributed by atoms with Crippen molar-refractivity contribution in [3.63, 3.8) is 0 Å². The summed E-state index contributed by atoms with van der Waals surface area (Å²) in [6.07, 6.45) is 9.80. The van der Waals surface area contributed by atoms with Crippen LogP contribution in [0.5, 0.6) is 0 Å². The van der Waals surface area contributed by atoms with Gasteiger partial charge in [0, 0.05) is 35.9 Å². The summed E-state index contributed by atoms with van der Waals surface area (Å²) < 4.78 is 2.21. The number of hydrogen-bond donors (Lipinski definition) is 0. The molecule has 1 aliphatic carbocycles. The number of aromatic nitrogens is 2. The third-order valence-electron chi connectivity index (χ3n) is 7.14. The lowest BCUT2D eigenvalue weighted by Crippen LogP contribution is -2.34. The van der Waals surface area contributed by atoms with Gasteiger partial charge in [-0.2, -0.15) is 0 Å². The van der Waals surface area contributed by atoms with Gasteiger partial charge >= 0.3 is 0 Å². The van der Waals surface area contributed by atoms with Crippen LogP contribution in [0.4, 0.5) is 0 Å². The van der Waals surface area contributed by atoms with Crippen LogP contribution in [0.25, 0.3) is 0 Å². The number of rotatable bonds is 6. The first-order chi connectivity index (χ1) is 15.6. The fourth-order valence-corrected chi connectivity index (χ4v) is 5.50. The fourth-order valence-electron chi connectivity index (χ4n) is 5.32. The number of carbonyl (C=O) groups is 1. The molecule has 166 valence electrons. The van der Waals surface area contributed by atoms with Crippen LogP contribution in [0, 0.1) is 12.8 Å². The van der Waals surface area contributed by atoms with Gasteiger partial charge in [-0.1, -0.05) is 47.5 Å². The predicted molar refractivity (Wildman–Crippen MR) is 128 cm³/mol. The Kier molecular flexibility index (Phi) is 6.05. The summed E-state index contributed by atoms with van der Waals surface area (Å²) in [5.74, 6) is 0.412. The van der Waals surface area contributed by atoms with Crippen LogP contribution in [0.15, 0.2) is 55.0 Å². The van der Waals surface area contributed by atoms with Crippen molar-refractivity contribution in [1.29, 1.82) is 0 Å². The highest BCUT2D eigenvalue weighted by Crippen LogP contribution is 2.39. The van der Waals surface area contributed by atoms with E-state index in [1.54, 1.807) is 0 Å². The normalized spacial score (nSPS) is 20.6. The Hall–Kier alpha value is -2.59. The van der Waals surface area contributed by atoms with Crippen LogP contribution in [0.3, 0.4) is 0 Å². The highest BCUT2D eigenvalue weighted by molar-refractivity contribution is 6.30. The third kappa shape index (κ3) is 4.33. The van der Waals surface area contributed by atoms with Gasteiger partial charge in [0.1, 0.15) is 0 Å². The van der Waals surface area contributed by atoms with Crippen LogP contribution in [-0.4, -0.2) is 26.9 Å². The fraction of sp³-hybridized carbons (Fsp3) is 0.407. The molecular formula is C27H30ClN3O. The minimum absolute atomic E-state index is 0.0993. The number of amides is 1. The molecule has 2 atom stereocenters. The highest BCUT2D eigenvalue weighted by Gasteiger charge is 2.37. The molecule has 1 aliphatic heterocycles. The van der Waals surface area contributed by atoms with E-state index in [0.29, 0.717) is 5.91 Å². The molecule has 2 aromatic carbocycles. The van der Waals surface area contributed by atoms with E-state index in [0.717, 1.165) is 56.6 Å². The van der Waals surface area contributed by atoms with Crippen LogP contribution in [0.2, 0.25) is 5.02 Å². The molecule has 1 saturated heterocycles. The largest absolute Gasteiger partial charge is 0.335 e. The predicted octanol–water partition coefficient (Wildman–Crippen LogP) is 5.75. The summed E-state index contributed by atoms with van der Waals surface area (Å²) in [7, 11) is 0. The number of fused-ring (bicyclic) bond motifs is 1. The maximum atomic E-state index is 13.3. The summed E-state index contributed by atoms with van der Waals surface area (Å²) in [5, 5.41) is 0.765. The molecule has 0 N–H and O–H groups in total. The Labute approximate surface area is 195 Å². The molecule has 2 heterocycles. The van der Waals surface area contributed by atoms with Crippen LogP contribution < -0.4 is 0 Å². The zero-order chi connectivity index (χ0) is 22.1. The van der Waals surface area contributed by atoms with Crippen molar-refractivity contribution in [2.24, 2.45) is 5.92 Å². The summed E-state index contributed by atoms with van der Waals surface area (Å²) in [6.45, 7) is 3.78. The molecule has 1 unspecified atom stereocenters. The zero-order valence-electron chi connectivity index (χ0n) is 18.6. The maximum Gasteiger partial charge on any atom is 0.226 e. The first kappa shape index (κ1) is 21.3. The van der Waals surface area contributed by atoms with Gasteiger partial charge in [0.15, 0.2) is 0 Å². The van der Waals surface area contributed by atoms with Crippen molar-refractivity contribution in [2.45, 2.75) is 58.0 Å². The second kappa shape index (κ2) is 9.11. The van der Waals surface area contributed by atoms with Crippen molar-refractivity contribution in [3.05, 3.63) is 88.0 Å². The Balaban J connectivity index is 1.24. The minimum Gasteiger partial charge on any atom is -0.335 e. The summed E-state index contributed by atoms with van der Waals surface area (Å²) in [5.41, 5.74) is 6.35. The van der Waals surface area contributed by atoms with E-state index in [1.807, 2.05) is 18.6 Å². The second-order valence-corrected chi connectivity index (χ2v) is 9.74. The summed E-state index contributed by atoms with van der Waals surface area (Å²) in [6, 6.07) is 15.0. The van der Waals surface area contributed by atoms with E-state index in [9.17, 15) is 4.79 Å². The number of aryl methyl sites for hydroxylation is 3. The molecule has 1 aromatic heterocycles. The lowest BCUT2D eigenvalue weighted by molar-refractivity contribution is -0.133. The molecule has 1 fully saturated rings. The van der Waals surface area contributed by atoms with Gasteiger partial charge in [-0.05, 0) is 74.3 Å². The SMILES string of the molecule is Cc1ccc(Cn2cncc2CC[C@H]2CCN(C3CCCc4ccc(Cl)cc43)C2=O)cc1. The Morgan fingerprint density at radius 1 is 1.12 bits per heavy atom. The Morgan fingerprint density at radius 2 is 1.97 bits per heavy atom. The molecule has 4 nitrogen and oxygen atoms in total. The maximum absolute atomic E-state index is 13.3. The van der Waals surface area contributed by atoms with Crippen molar-refractivity contribution in [1.82, 2.24) is 14.5 Å². The zero-order valence-corrected chi connectivity index (χ0v) is 19.4. The number of nitrogens with zero attached hydrogens (tertiary/aromatic N) is 3. The molecule has 0 spiro atoms. The van der Waals surface area contributed by atoms with Crippen molar-refractivity contribution in [2.75, 3.05) is 6.54 Å². The molecule has 5 heteroatoms. The van der Waals surface area contributed by atoms with E-state index < -0.39 is 0 Å². The lowest BCUT2D eigenvalue weighted by atomic mass is 9.87. The quantitative estimate of drug-likeness (QED) is 0.482. The van der Waals surface area contributed by atoms with Gasteiger partial charge in [0.25, 0.3) is 0 Å². The van der Waals surface area contributed by atoms with Gasteiger partial charge < -0.3 is 9.47 Å². The standard InChI is InChI=1S/C27H30ClN3O/c1-19-5-7-20(8-6-19)17-30-18-29-16-24(30)12-10-22-13-14-31(27(22)32)26-4-2-3-21-9-11-23(28)15-25(21)26/h5-9,11,15-16,18,22,26H,2-4,10,12-14,17H2,1H3/t22-,26?/m0/s1. The molecule has 3 aromatic rings. The Morgan fingerprint density at radius 3 is 2.81 bits per heavy atom. The van der Waals surface area contributed by atoms with E-state index in [-0.39, 0.29) is 12.0 Å². The average molecular weight is 448 g/mol. The van der Waals surface area contributed by atoms with Crippen molar-refractivity contribution in [3.8, 4) is 0 Å². The second-order valence-electron chi connectivity index (χ2n) is 9.31. The van der Waals surface area contributed by atoms with Gasteiger partial charge in [0.2, 0.25) is 5.91 Å². The molecule has 0 saturated carbocycles. The van der Waals surface area contributed by atoms with E-state index >= 15 is 0 Å². The number of halogens is 1. The number of carbonyl (C=O) groups excluding carboxylic acids is 1. The van der Waals surface area contributed by atoms with E-state index in [4.69, 9.17) is 11.6 Å². The topological polar surface area (TPSA) is 38.1 Å². The first-order valence-corrected chi connectivity index (χ1v) is 12.1. The van der Waals surface area contributed by atoms with Gasteiger partial charge in [-0.15, -0.1) is 0 Å². The average Bonchev–Trinajstić information content (AvgIpc) is 3.39. The number of hydrogen-bond acceptors (Lipinski definition) is 2. The van der Waals surface area contributed by atoms with Crippen LogP contribution in [0.1, 0.15) is 59.7 Å². The molecule has 0 bridgehead atoms. The van der Waals surface area contributed by atoms with E-state index in [2.05, 4.69) is 57.8 Å². The van der Waals surface area contributed by atoms with Crippen LogP contribution >= 0.6 is 11.6 Å². The van der Waals surface area contributed by atoms with Gasteiger partial charge in [-0.3, -0.25) is 4.79 Å². The van der Waals surface area contributed by atoms with Gasteiger partial charge in [-0.25, -0.2) is 4.98 Å². The lowest BCUT2D eigenvalue weighted by Gasteiger charge is -2.33. The molecule has 0 radical (unpaired) electrons. The monoisotopic (exact) mass is 447 g/mol. The smallest absolute Gasteiger partial charge is 0.226 e. The Bertz CT molecular complexity index is 1100. The molecule has 1 amide bonds. The first-order valence-electron chi connectivity index (χ1n) is 11.7. The van der Waals surface area contributed by atoms with Crippen LogP contribution in [-0.2, 0) is 24.2 Å². The molecule has 5 rings (SSSR count). The summed E-state index contributed by atoms with van der Waals surface area (Å²) in [4.78, 5) is 19.8. The van der Waals surface area contributed by atoms with Gasteiger partial charge in [0.05, 0.1) is 12.4 Å². The van der Waals surface area contributed by atoms with Crippen molar-refractivity contribution >= 4 is 17.5 Å². The number of imidazole rings is 1. The van der Waals surface area contributed by atoms with E-state index in [1.165, 1.54) is 27.9 Å². The summed E-state index contributed by atoms with van der Waals surface area (Å²) >= 11 is 6.29. The molecule has 32 heavy (non-hydrogen) atoms. The highest BCUT2D eigenvalue weighted by atomic mass is 35.5. The van der Waals surface area contributed by atoms with Crippen molar-refractivity contribution < 1.29 is 4.79 Å².